The molecule has 18 heavy (non-hydrogen) atoms. The Morgan fingerprint density at radius 3 is 2.50 bits per heavy atom. The standard InChI is InChI=1S/C14H19N3O/c1-5-17-12-7-11-10(15-8(2)16-11)6-9(12)14(3,4)13(17)18/h6-8,15-16H,5H2,1-4H3. The van der Waals surface area contributed by atoms with E-state index < -0.39 is 5.41 Å². The molecule has 0 aromatic heterocycles. The largest absolute Gasteiger partial charge is 0.364 e. The van der Waals surface area contributed by atoms with Crippen molar-refractivity contribution in [3.8, 4) is 0 Å². The van der Waals surface area contributed by atoms with Gasteiger partial charge in [-0.2, -0.15) is 0 Å². The molecule has 1 atom stereocenters. The first-order valence-electron chi connectivity index (χ1n) is 6.48. The average Bonchev–Trinajstić information content (AvgIpc) is 2.74. The Labute approximate surface area is 107 Å². The molecule has 0 saturated heterocycles. The molecule has 0 bridgehead atoms. The maximum absolute atomic E-state index is 12.4. The quantitative estimate of drug-likeness (QED) is 0.799. The van der Waals surface area contributed by atoms with E-state index in [1.54, 1.807) is 0 Å². The summed E-state index contributed by atoms with van der Waals surface area (Å²) in [4.78, 5) is 14.3. The number of rotatable bonds is 1. The molecular weight excluding hydrogens is 226 g/mol. The molecule has 1 aromatic rings. The van der Waals surface area contributed by atoms with Crippen molar-refractivity contribution >= 4 is 23.0 Å². The lowest BCUT2D eigenvalue weighted by atomic mass is 9.86. The highest BCUT2D eigenvalue weighted by atomic mass is 16.2. The third-order valence-electron chi connectivity index (χ3n) is 3.94. The van der Waals surface area contributed by atoms with Gasteiger partial charge in [0.2, 0.25) is 5.91 Å². The molecule has 0 aliphatic carbocycles. The van der Waals surface area contributed by atoms with Crippen molar-refractivity contribution in [1.29, 1.82) is 0 Å². The molecule has 2 heterocycles. The lowest BCUT2D eigenvalue weighted by Gasteiger charge is -2.18. The smallest absolute Gasteiger partial charge is 0.237 e. The predicted molar refractivity (Wildman–Crippen MR) is 74.2 cm³/mol. The van der Waals surface area contributed by atoms with Crippen molar-refractivity contribution in [2.45, 2.75) is 39.3 Å². The van der Waals surface area contributed by atoms with Crippen LogP contribution in [0.5, 0.6) is 0 Å². The van der Waals surface area contributed by atoms with Gasteiger partial charge in [0.25, 0.3) is 0 Å². The summed E-state index contributed by atoms with van der Waals surface area (Å²) in [5.74, 6) is 0.191. The van der Waals surface area contributed by atoms with Gasteiger partial charge in [-0.15, -0.1) is 0 Å². The van der Waals surface area contributed by atoms with Crippen LogP contribution < -0.4 is 15.5 Å². The predicted octanol–water partition coefficient (Wildman–Crippen LogP) is 2.51. The summed E-state index contributed by atoms with van der Waals surface area (Å²) in [5, 5.41) is 6.74. The maximum Gasteiger partial charge on any atom is 0.237 e. The Hall–Kier alpha value is -1.71. The second kappa shape index (κ2) is 3.40. The van der Waals surface area contributed by atoms with Crippen molar-refractivity contribution < 1.29 is 4.79 Å². The molecule has 0 saturated carbocycles. The Morgan fingerprint density at radius 2 is 1.89 bits per heavy atom. The SMILES string of the molecule is CCN1C(=O)C(C)(C)c2cc3c(cc21)NC(C)N3. The lowest BCUT2D eigenvalue weighted by molar-refractivity contribution is -0.122. The van der Waals surface area contributed by atoms with Crippen molar-refractivity contribution in [2.75, 3.05) is 22.1 Å². The van der Waals surface area contributed by atoms with Crippen molar-refractivity contribution in [3.63, 3.8) is 0 Å². The number of nitrogens with one attached hydrogen (secondary N) is 2. The minimum absolute atomic E-state index is 0.191. The first-order chi connectivity index (χ1) is 8.45. The average molecular weight is 245 g/mol. The Balaban J connectivity index is 2.18. The van der Waals surface area contributed by atoms with Gasteiger partial charge in [-0.3, -0.25) is 4.79 Å². The molecule has 4 nitrogen and oxygen atoms in total. The number of carbonyl (C=O) groups is 1. The molecule has 96 valence electrons. The number of hydrogen-bond acceptors (Lipinski definition) is 3. The number of likely N-dealkylation sites (N-methyl/N-ethyl adjacent to an activating group) is 1. The molecule has 1 amide bonds. The van der Waals surface area contributed by atoms with Gasteiger partial charge in [0.05, 0.1) is 28.6 Å². The lowest BCUT2D eigenvalue weighted by Crippen LogP contribution is -2.35. The number of amides is 1. The molecular formula is C14H19N3O. The van der Waals surface area contributed by atoms with Gasteiger partial charge in [-0.1, -0.05) is 0 Å². The van der Waals surface area contributed by atoms with Crippen molar-refractivity contribution in [3.05, 3.63) is 17.7 Å². The number of benzene rings is 1. The fourth-order valence-corrected chi connectivity index (χ4v) is 2.93. The van der Waals surface area contributed by atoms with E-state index in [2.05, 4.69) is 29.7 Å². The second-order valence-electron chi connectivity index (χ2n) is 5.60. The zero-order valence-electron chi connectivity index (χ0n) is 11.3. The molecule has 4 heteroatoms. The van der Waals surface area contributed by atoms with E-state index in [1.165, 1.54) is 0 Å². The Morgan fingerprint density at radius 1 is 1.28 bits per heavy atom. The monoisotopic (exact) mass is 245 g/mol. The van der Waals surface area contributed by atoms with Crippen LogP contribution >= 0.6 is 0 Å². The second-order valence-corrected chi connectivity index (χ2v) is 5.60. The van der Waals surface area contributed by atoms with E-state index in [1.807, 2.05) is 25.7 Å². The number of hydrogen-bond donors (Lipinski definition) is 2. The third kappa shape index (κ3) is 1.29. The van der Waals surface area contributed by atoms with E-state index in [0.29, 0.717) is 0 Å². The fraction of sp³-hybridized carbons (Fsp3) is 0.500. The Bertz CT molecular complexity index is 536. The van der Waals surface area contributed by atoms with E-state index >= 15 is 0 Å². The molecule has 0 spiro atoms. The third-order valence-corrected chi connectivity index (χ3v) is 3.94. The Kier molecular flexibility index (Phi) is 2.15. The normalized spacial score (nSPS) is 23.4. The number of fused-ring (bicyclic) bond motifs is 2. The first-order valence-corrected chi connectivity index (χ1v) is 6.48. The molecule has 1 unspecified atom stereocenters. The fourth-order valence-electron chi connectivity index (χ4n) is 2.93. The van der Waals surface area contributed by atoms with E-state index in [9.17, 15) is 4.79 Å². The summed E-state index contributed by atoms with van der Waals surface area (Å²) >= 11 is 0. The molecule has 1 aromatic carbocycles. The van der Waals surface area contributed by atoms with E-state index in [4.69, 9.17) is 0 Å². The van der Waals surface area contributed by atoms with Gasteiger partial charge in [0.1, 0.15) is 0 Å². The number of carbonyl (C=O) groups excluding carboxylic acids is 1. The summed E-state index contributed by atoms with van der Waals surface area (Å²) in [6, 6.07) is 4.21. The van der Waals surface area contributed by atoms with Gasteiger partial charge in [0.15, 0.2) is 0 Å². The van der Waals surface area contributed by atoms with Crippen LogP contribution in [0, 0.1) is 0 Å². The topological polar surface area (TPSA) is 44.4 Å². The minimum atomic E-state index is -0.423. The summed E-state index contributed by atoms with van der Waals surface area (Å²) in [7, 11) is 0. The molecule has 0 fully saturated rings. The van der Waals surface area contributed by atoms with Gasteiger partial charge in [-0.05, 0) is 45.4 Å². The molecule has 0 radical (unpaired) electrons. The van der Waals surface area contributed by atoms with Gasteiger partial charge in [-0.25, -0.2) is 0 Å². The summed E-state index contributed by atoms with van der Waals surface area (Å²) in [5.41, 5.74) is 3.94. The van der Waals surface area contributed by atoms with E-state index in [0.717, 1.165) is 29.2 Å². The minimum Gasteiger partial charge on any atom is -0.364 e. The van der Waals surface area contributed by atoms with Crippen LogP contribution in [0.2, 0.25) is 0 Å². The number of anilines is 3. The summed E-state index contributed by atoms with van der Waals surface area (Å²) in [6.07, 6.45) is 0.247. The first kappa shape index (κ1) is 11.4. The van der Waals surface area contributed by atoms with Crippen LogP contribution in [0.4, 0.5) is 17.1 Å². The van der Waals surface area contributed by atoms with Crippen LogP contribution in [0.1, 0.15) is 33.3 Å². The zero-order chi connectivity index (χ0) is 13.1. The van der Waals surface area contributed by atoms with Crippen molar-refractivity contribution in [1.82, 2.24) is 0 Å². The van der Waals surface area contributed by atoms with Crippen LogP contribution in [0.3, 0.4) is 0 Å². The summed E-state index contributed by atoms with van der Waals surface area (Å²) < 4.78 is 0. The van der Waals surface area contributed by atoms with Crippen LogP contribution in [0.25, 0.3) is 0 Å². The van der Waals surface area contributed by atoms with Crippen LogP contribution in [-0.4, -0.2) is 18.6 Å². The summed E-state index contributed by atoms with van der Waals surface area (Å²) in [6.45, 7) is 8.82. The van der Waals surface area contributed by atoms with Crippen LogP contribution in [0.15, 0.2) is 12.1 Å². The van der Waals surface area contributed by atoms with Gasteiger partial charge < -0.3 is 15.5 Å². The highest BCUT2D eigenvalue weighted by Crippen LogP contribution is 2.46. The van der Waals surface area contributed by atoms with Gasteiger partial charge >= 0.3 is 0 Å². The molecule has 2 N–H and O–H groups in total. The van der Waals surface area contributed by atoms with Crippen LogP contribution in [-0.2, 0) is 10.2 Å². The van der Waals surface area contributed by atoms with Crippen molar-refractivity contribution in [2.24, 2.45) is 0 Å². The molecule has 2 aliphatic rings. The highest BCUT2D eigenvalue weighted by molar-refractivity contribution is 6.09. The number of nitrogens with zero attached hydrogens (tertiary/aromatic N) is 1. The van der Waals surface area contributed by atoms with Gasteiger partial charge in [0, 0.05) is 6.54 Å². The van der Waals surface area contributed by atoms with E-state index in [-0.39, 0.29) is 12.1 Å². The highest BCUT2D eigenvalue weighted by Gasteiger charge is 2.44. The molecule has 3 rings (SSSR count). The zero-order valence-corrected chi connectivity index (χ0v) is 11.3. The maximum atomic E-state index is 12.4. The molecule has 2 aliphatic heterocycles.